The fourth-order valence-corrected chi connectivity index (χ4v) is 2.18. The average Bonchev–Trinajstić information content (AvgIpc) is 2.39. The number of hydrogen-bond acceptors (Lipinski definition) is 1. The van der Waals surface area contributed by atoms with E-state index < -0.39 is 0 Å². The van der Waals surface area contributed by atoms with Crippen LogP contribution in [0.5, 0.6) is 0 Å². The lowest BCUT2D eigenvalue weighted by Crippen LogP contribution is -1.96. The molecule has 2 rings (SSSR count). The zero-order valence-corrected chi connectivity index (χ0v) is 9.78. The van der Waals surface area contributed by atoms with Crippen LogP contribution in [0.4, 0.5) is 0 Å². The summed E-state index contributed by atoms with van der Waals surface area (Å²) in [5.74, 6) is 0.00869. The number of carbonyl (C=O) groups is 1. The first-order chi connectivity index (χ1) is 7.81. The average molecular weight is 214 g/mol. The number of allylic oxidation sites excluding steroid dienone is 2. The molecule has 1 aromatic rings. The summed E-state index contributed by atoms with van der Waals surface area (Å²) in [6.45, 7) is 1.93. The molecular weight excluding hydrogens is 196 g/mol. The molecule has 1 atom stereocenters. The van der Waals surface area contributed by atoms with E-state index in [1.807, 2.05) is 6.92 Å². The highest BCUT2D eigenvalue weighted by Crippen LogP contribution is 2.27. The molecule has 0 fully saturated rings. The van der Waals surface area contributed by atoms with E-state index in [0.29, 0.717) is 0 Å². The van der Waals surface area contributed by atoms with E-state index in [9.17, 15) is 4.79 Å². The van der Waals surface area contributed by atoms with Crippen molar-refractivity contribution in [3.05, 3.63) is 41.5 Å². The molecule has 0 heterocycles. The minimum Gasteiger partial charge on any atom is -0.303 e. The van der Waals surface area contributed by atoms with E-state index in [1.54, 1.807) is 0 Å². The Bertz CT molecular complexity index is 386. The van der Waals surface area contributed by atoms with Gasteiger partial charge in [0.15, 0.2) is 0 Å². The van der Waals surface area contributed by atoms with Crippen LogP contribution in [-0.4, -0.2) is 6.29 Å². The smallest absolute Gasteiger partial charge is 0.127 e. The fourth-order valence-electron chi connectivity index (χ4n) is 2.18. The summed E-state index contributed by atoms with van der Waals surface area (Å²) in [5.41, 5.74) is 3.90. The van der Waals surface area contributed by atoms with Crippen molar-refractivity contribution in [1.29, 1.82) is 0 Å². The van der Waals surface area contributed by atoms with Crippen molar-refractivity contribution < 1.29 is 4.79 Å². The quantitative estimate of drug-likeness (QED) is 0.696. The van der Waals surface area contributed by atoms with Crippen molar-refractivity contribution in [2.24, 2.45) is 0 Å². The van der Waals surface area contributed by atoms with E-state index in [0.717, 1.165) is 11.8 Å². The van der Waals surface area contributed by atoms with Gasteiger partial charge in [-0.2, -0.15) is 0 Å². The molecule has 16 heavy (non-hydrogen) atoms. The van der Waals surface area contributed by atoms with Crippen LogP contribution in [0.3, 0.4) is 0 Å². The molecule has 1 aromatic carbocycles. The van der Waals surface area contributed by atoms with E-state index in [-0.39, 0.29) is 5.92 Å². The molecule has 0 amide bonds. The Hall–Kier alpha value is -1.37. The third-order valence-electron chi connectivity index (χ3n) is 3.30. The number of aldehydes is 1. The number of benzene rings is 1. The highest BCUT2D eigenvalue weighted by Gasteiger charge is 2.07. The molecule has 1 aliphatic rings. The van der Waals surface area contributed by atoms with Gasteiger partial charge in [-0.05, 0) is 42.4 Å². The van der Waals surface area contributed by atoms with E-state index in [4.69, 9.17) is 0 Å². The number of rotatable bonds is 3. The normalized spacial score (nSPS) is 17.7. The molecule has 0 aromatic heterocycles. The third kappa shape index (κ3) is 2.41. The van der Waals surface area contributed by atoms with Crippen molar-refractivity contribution in [3.8, 4) is 0 Å². The summed E-state index contributed by atoms with van der Waals surface area (Å²) in [4.78, 5) is 10.7. The van der Waals surface area contributed by atoms with E-state index in [2.05, 4.69) is 30.3 Å². The van der Waals surface area contributed by atoms with Crippen LogP contribution in [0.25, 0.3) is 5.57 Å². The minimum atomic E-state index is 0.00869. The van der Waals surface area contributed by atoms with Gasteiger partial charge in [-0.3, -0.25) is 0 Å². The van der Waals surface area contributed by atoms with Crippen molar-refractivity contribution in [2.45, 2.75) is 38.5 Å². The summed E-state index contributed by atoms with van der Waals surface area (Å²) in [5, 5.41) is 0. The highest BCUT2D eigenvalue weighted by atomic mass is 16.1. The van der Waals surface area contributed by atoms with Crippen molar-refractivity contribution >= 4 is 11.9 Å². The maximum absolute atomic E-state index is 10.7. The second-order valence-electron chi connectivity index (χ2n) is 4.52. The minimum absolute atomic E-state index is 0.00869. The van der Waals surface area contributed by atoms with Crippen LogP contribution in [0, 0.1) is 0 Å². The predicted molar refractivity (Wildman–Crippen MR) is 67.4 cm³/mol. The second kappa shape index (κ2) is 5.11. The Morgan fingerprint density at radius 3 is 2.50 bits per heavy atom. The molecule has 0 saturated carbocycles. The van der Waals surface area contributed by atoms with Gasteiger partial charge in [0.25, 0.3) is 0 Å². The van der Waals surface area contributed by atoms with Gasteiger partial charge in [0.05, 0.1) is 0 Å². The molecule has 0 saturated heterocycles. The summed E-state index contributed by atoms with van der Waals surface area (Å²) in [6.07, 6.45) is 8.38. The van der Waals surface area contributed by atoms with Crippen molar-refractivity contribution in [2.75, 3.05) is 0 Å². The van der Waals surface area contributed by atoms with Crippen LogP contribution in [0.1, 0.15) is 49.7 Å². The first-order valence-electron chi connectivity index (χ1n) is 6.06. The zero-order valence-electron chi connectivity index (χ0n) is 9.78. The Balaban J connectivity index is 2.18. The second-order valence-corrected chi connectivity index (χ2v) is 4.52. The predicted octanol–water partition coefficient (Wildman–Crippen LogP) is 3.95. The van der Waals surface area contributed by atoms with E-state index in [1.165, 1.54) is 36.8 Å². The summed E-state index contributed by atoms with van der Waals surface area (Å²) in [6, 6.07) is 8.44. The molecule has 0 bridgehead atoms. The molecule has 0 radical (unpaired) electrons. The molecule has 84 valence electrons. The number of hydrogen-bond donors (Lipinski definition) is 0. The molecule has 0 aliphatic heterocycles. The molecule has 1 nitrogen and oxygen atoms in total. The van der Waals surface area contributed by atoms with Crippen LogP contribution in [-0.2, 0) is 4.79 Å². The van der Waals surface area contributed by atoms with E-state index >= 15 is 0 Å². The Morgan fingerprint density at radius 1 is 1.19 bits per heavy atom. The van der Waals surface area contributed by atoms with Crippen LogP contribution in [0.15, 0.2) is 30.3 Å². The largest absolute Gasteiger partial charge is 0.303 e. The summed E-state index contributed by atoms with van der Waals surface area (Å²) >= 11 is 0. The molecule has 0 N–H and O–H groups in total. The van der Waals surface area contributed by atoms with Gasteiger partial charge in [-0.25, -0.2) is 0 Å². The van der Waals surface area contributed by atoms with Gasteiger partial charge >= 0.3 is 0 Å². The monoisotopic (exact) mass is 214 g/mol. The van der Waals surface area contributed by atoms with Gasteiger partial charge in [0.2, 0.25) is 0 Å². The standard InChI is InChI=1S/C15H18O/c1-12(11-16)13-7-9-15(10-8-13)14-5-3-2-4-6-14/h5,7-12H,2-4,6H2,1H3. The van der Waals surface area contributed by atoms with Gasteiger partial charge in [-0.1, -0.05) is 37.3 Å². The Kier molecular flexibility index (Phi) is 3.55. The topological polar surface area (TPSA) is 17.1 Å². The summed E-state index contributed by atoms with van der Waals surface area (Å²) < 4.78 is 0. The van der Waals surface area contributed by atoms with Gasteiger partial charge in [0.1, 0.15) is 6.29 Å². The lowest BCUT2D eigenvalue weighted by molar-refractivity contribution is -0.108. The maximum Gasteiger partial charge on any atom is 0.127 e. The zero-order chi connectivity index (χ0) is 11.4. The molecule has 1 unspecified atom stereocenters. The first kappa shape index (κ1) is 11.1. The van der Waals surface area contributed by atoms with Gasteiger partial charge in [0, 0.05) is 5.92 Å². The Labute approximate surface area is 97.2 Å². The van der Waals surface area contributed by atoms with Gasteiger partial charge < -0.3 is 4.79 Å². The molecular formula is C15H18O. The van der Waals surface area contributed by atoms with Crippen LogP contribution in [0.2, 0.25) is 0 Å². The fraction of sp³-hybridized carbons (Fsp3) is 0.400. The lowest BCUT2D eigenvalue weighted by atomic mass is 9.92. The number of carbonyl (C=O) groups excluding carboxylic acids is 1. The summed E-state index contributed by atoms with van der Waals surface area (Å²) in [7, 11) is 0. The molecule has 1 aliphatic carbocycles. The van der Waals surface area contributed by atoms with Crippen molar-refractivity contribution in [1.82, 2.24) is 0 Å². The molecule has 0 spiro atoms. The van der Waals surface area contributed by atoms with Crippen LogP contribution < -0.4 is 0 Å². The van der Waals surface area contributed by atoms with Crippen LogP contribution >= 0.6 is 0 Å². The Morgan fingerprint density at radius 2 is 1.94 bits per heavy atom. The first-order valence-corrected chi connectivity index (χ1v) is 6.06. The molecule has 1 heteroatoms. The third-order valence-corrected chi connectivity index (χ3v) is 3.30. The highest BCUT2D eigenvalue weighted by molar-refractivity contribution is 5.67. The maximum atomic E-state index is 10.7. The van der Waals surface area contributed by atoms with Crippen molar-refractivity contribution in [3.63, 3.8) is 0 Å². The SMILES string of the molecule is CC(C=O)c1ccc(C2=CCCCC2)cc1. The lowest BCUT2D eigenvalue weighted by Gasteiger charge is -2.13. The van der Waals surface area contributed by atoms with Gasteiger partial charge in [-0.15, -0.1) is 0 Å².